The molecule has 2 aliphatic heterocycles. The number of amides is 1. The molecule has 2 aliphatic rings. The van der Waals surface area contributed by atoms with Crippen molar-refractivity contribution in [2.24, 2.45) is 0 Å². The third-order valence-corrected chi connectivity index (χ3v) is 4.15. The SMILES string of the molecule is CC(=O)NOC1O[C@H](CO[C@H]2C[C@@H](O)[C@@H](O)[C@@H](CO)O2)[C@H](O)[C@H](O)[C@H]1O. The summed E-state index contributed by atoms with van der Waals surface area (Å²) in [6.07, 6.45) is -11.9. The molecule has 12 nitrogen and oxygen atoms in total. The molecule has 0 saturated carbocycles. The standard InChI is InChI=1S/C14H25NO11/c1-5(17)15-26-14-13(22)12(21)11(20)8(25-14)4-23-9-2-6(18)10(19)7(3-16)24-9/h6-14,16,18-22H,2-4H2,1H3,(H,15,17)/t6-,7-,8-,9-,10-,11+,12+,13-,14?/m1/s1. The summed E-state index contributed by atoms with van der Waals surface area (Å²) in [5.41, 5.74) is 1.96. The van der Waals surface area contributed by atoms with Crippen LogP contribution in [0.1, 0.15) is 13.3 Å². The van der Waals surface area contributed by atoms with Crippen LogP contribution in [0.4, 0.5) is 0 Å². The number of hydrogen-bond acceptors (Lipinski definition) is 11. The second kappa shape index (κ2) is 9.32. The Labute approximate surface area is 148 Å². The van der Waals surface area contributed by atoms with Crippen molar-refractivity contribution >= 4 is 5.91 Å². The van der Waals surface area contributed by atoms with Gasteiger partial charge in [-0.05, 0) is 0 Å². The van der Waals surface area contributed by atoms with Gasteiger partial charge in [-0.1, -0.05) is 0 Å². The van der Waals surface area contributed by atoms with Gasteiger partial charge in [-0.2, -0.15) is 0 Å². The van der Waals surface area contributed by atoms with Crippen LogP contribution in [-0.2, 0) is 23.8 Å². The van der Waals surface area contributed by atoms with Gasteiger partial charge in [0.15, 0.2) is 6.29 Å². The van der Waals surface area contributed by atoms with Crippen molar-refractivity contribution in [3.05, 3.63) is 0 Å². The lowest BCUT2D eigenvalue weighted by Crippen LogP contribution is -2.60. The molecule has 1 amide bonds. The Morgan fingerprint density at radius 2 is 1.73 bits per heavy atom. The highest BCUT2D eigenvalue weighted by Crippen LogP contribution is 2.25. The van der Waals surface area contributed by atoms with E-state index in [0.717, 1.165) is 0 Å². The lowest BCUT2D eigenvalue weighted by molar-refractivity contribution is -0.325. The molecule has 0 bridgehead atoms. The van der Waals surface area contributed by atoms with Gasteiger partial charge >= 0.3 is 0 Å². The van der Waals surface area contributed by atoms with Crippen molar-refractivity contribution in [1.29, 1.82) is 0 Å². The van der Waals surface area contributed by atoms with Gasteiger partial charge in [-0.15, -0.1) is 0 Å². The minimum atomic E-state index is -1.62. The van der Waals surface area contributed by atoms with E-state index in [1.54, 1.807) is 0 Å². The van der Waals surface area contributed by atoms with Gasteiger partial charge in [0.05, 0.1) is 19.3 Å². The molecule has 2 saturated heterocycles. The zero-order valence-electron chi connectivity index (χ0n) is 14.0. The molecular formula is C14H25NO11. The fourth-order valence-electron chi connectivity index (χ4n) is 2.67. The average molecular weight is 383 g/mol. The zero-order valence-corrected chi connectivity index (χ0v) is 14.0. The molecule has 7 N–H and O–H groups in total. The highest BCUT2D eigenvalue weighted by molar-refractivity contribution is 5.71. The minimum Gasteiger partial charge on any atom is -0.394 e. The Morgan fingerprint density at radius 3 is 2.35 bits per heavy atom. The molecule has 9 atom stereocenters. The van der Waals surface area contributed by atoms with Crippen LogP contribution >= 0.6 is 0 Å². The molecule has 0 aromatic rings. The molecule has 0 spiro atoms. The van der Waals surface area contributed by atoms with Gasteiger partial charge in [0.2, 0.25) is 12.2 Å². The molecule has 0 radical (unpaired) electrons. The molecule has 26 heavy (non-hydrogen) atoms. The summed E-state index contributed by atoms with van der Waals surface area (Å²) >= 11 is 0. The van der Waals surface area contributed by atoms with Crippen LogP contribution < -0.4 is 5.48 Å². The molecular weight excluding hydrogens is 358 g/mol. The summed E-state index contributed by atoms with van der Waals surface area (Å²) in [6, 6.07) is 0. The summed E-state index contributed by atoms with van der Waals surface area (Å²) < 4.78 is 15.9. The van der Waals surface area contributed by atoms with E-state index < -0.39 is 67.8 Å². The third kappa shape index (κ3) is 5.07. The molecule has 2 fully saturated rings. The number of rotatable bonds is 6. The van der Waals surface area contributed by atoms with Crippen molar-refractivity contribution in [2.75, 3.05) is 13.2 Å². The Kier molecular flexibility index (Phi) is 7.66. The van der Waals surface area contributed by atoms with Crippen LogP contribution in [0.5, 0.6) is 0 Å². The van der Waals surface area contributed by atoms with Crippen LogP contribution in [0.25, 0.3) is 0 Å². The minimum absolute atomic E-state index is 0.0858. The van der Waals surface area contributed by atoms with Gasteiger partial charge in [-0.25, -0.2) is 10.3 Å². The predicted octanol–water partition coefficient (Wildman–Crippen LogP) is -4.29. The Morgan fingerprint density at radius 1 is 1.04 bits per heavy atom. The Balaban J connectivity index is 1.91. The van der Waals surface area contributed by atoms with Crippen molar-refractivity contribution in [1.82, 2.24) is 5.48 Å². The van der Waals surface area contributed by atoms with Gasteiger partial charge in [0.25, 0.3) is 0 Å². The second-order valence-electron chi connectivity index (χ2n) is 6.20. The van der Waals surface area contributed by atoms with Crippen LogP contribution in [0, 0.1) is 0 Å². The van der Waals surface area contributed by atoms with Crippen LogP contribution in [0.3, 0.4) is 0 Å². The third-order valence-electron chi connectivity index (χ3n) is 4.15. The summed E-state index contributed by atoms with van der Waals surface area (Å²) in [4.78, 5) is 15.7. The quantitative estimate of drug-likeness (QED) is 0.220. The van der Waals surface area contributed by atoms with Crippen molar-refractivity contribution in [3.63, 3.8) is 0 Å². The number of carbonyl (C=O) groups excluding carboxylic acids is 1. The lowest BCUT2D eigenvalue weighted by atomic mass is 9.99. The van der Waals surface area contributed by atoms with Gasteiger partial charge in [0, 0.05) is 13.3 Å². The van der Waals surface area contributed by atoms with E-state index in [2.05, 4.69) is 0 Å². The van der Waals surface area contributed by atoms with E-state index in [-0.39, 0.29) is 13.0 Å². The summed E-state index contributed by atoms with van der Waals surface area (Å²) in [5.74, 6) is -0.563. The van der Waals surface area contributed by atoms with E-state index in [1.165, 1.54) is 6.92 Å². The summed E-state index contributed by atoms with van der Waals surface area (Å²) in [5, 5.41) is 58.2. The van der Waals surface area contributed by atoms with E-state index in [4.69, 9.17) is 24.2 Å². The molecule has 152 valence electrons. The van der Waals surface area contributed by atoms with E-state index in [1.807, 2.05) is 5.48 Å². The fraction of sp³-hybridized carbons (Fsp3) is 0.929. The maximum Gasteiger partial charge on any atom is 0.240 e. The first kappa shape index (κ1) is 21.4. The van der Waals surface area contributed by atoms with E-state index in [0.29, 0.717) is 0 Å². The normalized spacial score (nSPS) is 43.9. The predicted molar refractivity (Wildman–Crippen MR) is 79.9 cm³/mol. The van der Waals surface area contributed by atoms with E-state index in [9.17, 15) is 30.3 Å². The largest absolute Gasteiger partial charge is 0.394 e. The van der Waals surface area contributed by atoms with E-state index >= 15 is 0 Å². The van der Waals surface area contributed by atoms with Gasteiger partial charge < -0.3 is 44.8 Å². The molecule has 1 unspecified atom stereocenters. The average Bonchev–Trinajstić information content (AvgIpc) is 2.60. The second-order valence-corrected chi connectivity index (χ2v) is 6.20. The van der Waals surface area contributed by atoms with Crippen LogP contribution in [0.2, 0.25) is 0 Å². The highest BCUT2D eigenvalue weighted by Gasteiger charge is 2.45. The first-order chi connectivity index (χ1) is 12.2. The maximum atomic E-state index is 10.9. The van der Waals surface area contributed by atoms with Crippen molar-refractivity contribution < 1.29 is 54.5 Å². The van der Waals surface area contributed by atoms with Crippen molar-refractivity contribution in [2.45, 2.75) is 68.7 Å². The lowest BCUT2D eigenvalue weighted by Gasteiger charge is -2.41. The molecule has 2 rings (SSSR count). The number of aliphatic hydroxyl groups is 6. The molecule has 2 heterocycles. The topological polar surface area (TPSA) is 187 Å². The van der Waals surface area contributed by atoms with Crippen molar-refractivity contribution in [3.8, 4) is 0 Å². The number of carbonyl (C=O) groups is 1. The number of ether oxygens (including phenoxy) is 3. The first-order valence-corrected chi connectivity index (χ1v) is 8.10. The van der Waals surface area contributed by atoms with Gasteiger partial charge in [0.1, 0.15) is 36.6 Å². The first-order valence-electron chi connectivity index (χ1n) is 8.10. The Hall–Kier alpha value is -0.930. The Bertz CT molecular complexity index is 466. The number of hydrogen-bond donors (Lipinski definition) is 7. The molecule has 0 aromatic carbocycles. The monoisotopic (exact) mass is 383 g/mol. The van der Waals surface area contributed by atoms with Crippen LogP contribution in [0.15, 0.2) is 0 Å². The zero-order chi connectivity index (χ0) is 19.4. The van der Waals surface area contributed by atoms with Crippen LogP contribution in [-0.4, -0.2) is 105 Å². The number of aliphatic hydroxyl groups excluding tert-OH is 6. The summed E-state index contributed by atoms with van der Waals surface area (Å²) in [7, 11) is 0. The fourth-order valence-corrected chi connectivity index (χ4v) is 2.67. The molecule has 0 aliphatic carbocycles. The molecule has 12 heteroatoms. The highest BCUT2D eigenvalue weighted by atomic mass is 16.8. The van der Waals surface area contributed by atoms with Gasteiger partial charge in [-0.3, -0.25) is 4.79 Å². The number of hydroxylamine groups is 1. The molecule has 0 aromatic heterocycles. The number of nitrogens with one attached hydrogen (secondary N) is 1. The summed E-state index contributed by atoms with van der Waals surface area (Å²) in [6.45, 7) is 0.313. The maximum absolute atomic E-state index is 10.9. The smallest absolute Gasteiger partial charge is 0.240 e.